The number of imide groups is 1. The van der Waals surface area contributed by atoms with Crippen molar-refractivity contribution in [2.45, 2.75) is 52.7 Å². The molecule has 9 nitrogen and oxygen atoms in total. The summed E-state index contributed by atoms with van der Waals surface area (Å²) in [5, 5.41) is 3.46. The molecule has 0 aromatic rings. The first-order chi connectivity index (χ1) is 9.87. The van der Waals surface area contributed by atoms with E-state index >= 15 is 0 Å². The van der Waals surface area contributed by atoms with E-state index in [2.05, 4.69) is 5.16 Å². The van der Waals surface area contributed by atoms with Gasteiger partial charge < -0.3 is 25.8 Å². The minimum Gasteiger partial charge on any atom is -0.443 e. The summed E-state index contributed by atoms with van der Waals surface area (Å²) >= 11 is 0. The van der Waals surface area contributed by atoms with Gasteiger partial charge in [-0.15, -0.1) is 4.90 Å². The van der Waals surface area contributed by atoms with Crippen LogP contribution in [-0.2, 0) is 14.3 Å². The highest BCUT2D eigenvalue weighted by atomic mass is 16.6. The average molecular weight is 318 g/mol. The van der Waals surface area contributed by atoms with E-state index in [4.69, 9.17) is 25.8 Å². The number of carbonyl (C=O) groups is 2. The van der Waals surface area contributed by atoms with Crippen LogP contribution in [0.5, 0.6) is 0 Å². The van der Waals surface area contributed by atoms with E-state index in [-0.39, 0.29) is 13.2 Å². The van der Waals surface area contributed by atoms with Crippen molar-refractivity contribution >= 4 is 18.1 Å². The third-order valence-electron chi connectivity index (χ3n) is 1.75. The van der Waals surface area contributed by atoms with Crippen molar-refractivity contribution in [3.05, 3.63) is 0 Å². The second kappa shape index (κ2) is 7.83. The van der Waals surface area contributed by atoms with Crippen LogP contribution < -0.4 is 11.5 Å². The number of guanidine groups is 1. The fraction of sp³-hybridized carbons (Fsp3) is 0.769. The molecule has 0 fully saturated rings. The number of amides is 2. The van der Waals surface area contributed by atoms with Gasteiger partial charge in [0.05, 0.1) is 0 Å². The minimum absolute atomic E-state index is 0.0805. The number of ether oxygens (including phenoxy) is 2. The van der Waals surface area contributed by atoms with Crippen molar-refractivity contribution in [2.24, 2.45) is 16.6 Å². The maximum Gasteiger partial charge on any atom is 0.427 e. The molecule has 22 heavy (non-hydrogen) atoms. The lowest BCUT2D eigenvalue weighted by Crippen LogP contribution is -2.50. The van der Waals surface area contributed by atoms with Crippen molar-refractivity contribution in [2.75, 3.05) is 13.2 Å². The molecule has 0 bridgehead atoms. The van der Waals surface area contributed by atoms with Crippen LogP contribution in [0.4, 0.5) is 9.59 Å². The number of nitrogens with two attached hydrogens (primary N) is 2. The molecule has 0 unspecified atom stereocenters. The first-order valence-electron chi connectivity index (χ1n) is 6.79. The third-order valence-corrected chi connectivity index (χ3v) is 1.75. The smallest absolute Gasteiger partial charge is 0.427 e. The molecule has 9 heteroatoms. The van der Waals surface area contributed by atoms with E-state index in [1.54, 1.807) is 41.5 Å². The zero-order chi connectivity index (χ0) is 17.6. The van der Waals surface area contributed by atoms with Crippen LogP contribution in [0, 0.1) is 0 Å². The van der Waals surface area contributed by atoms with Crippen molar-refractivity contribution in [3.8, 4) is 0 Å². The van der Waals surface area contributed by atoms with E-state index in [0.29, 0.717) is 4.90 Å². The van der Waals surface area contributed by atoms with Gasteiger partial charge in [0.1, 0.15) is 17.8 Å². The van der Waals surface area contributed by atoms with Gasteiger partial charge in [-0.1, -0.05) is 0 Å². The van der Waals surface area contributed by atoms with Gasteiger partial charge in [-0.05, 0) is 46.7 Å². The average Bonchev–Trinajstić information content (AvgIpc) is 2.24. The molecule has 0 aromatic carbocycles. The number of hydrogen-bond acceptors (Lipinski definition) is 7. The van der Waals surface area contributed by atoms with Gasteiger partial charge in [-0.3, -0.25) is 0 Å². The minimum atomic E-state index is -1.01. The molecule has 0 saturated carbocycles. The fourth-order valence-electron chi connectivity index (χ4n) is 1.08. The largest absolute Gasteiger partial charge is 0.443 e. The summed E-state index contributed by atoms with van der Waals surface area (Å²) in [6, 6.07) is 0. The molecular weight excluding hydrogens is 292 g/mol. The monoisotopic (exact) mass is 318 g/mol. The zero-order valence-electron chi connectivity index (χ0n) is 14.0. The Morgan fingerprint density at radius 1 is 1.00 bits per heavy atom. The topological polar surface area (TPSA) is 129 Å². The lowest BCUT2D eigenvalue weighted by atomic mass is 10.2. The van der Waals surface area contributed by atoms with Gasteiger partial charge in [0.2, 0.25) is 0 Å². The first-order valence-corrected chi connectivity index (χ1v) is 6.79. The molecule has 0 aromatic heterocycles. The number of nitrogens with zero attached hydrogens (tertiary/aromatic N) is 2. The second-order valence-electron chi connectivity index (χ2n) is 6.37. The normalized spacial score (nSPS) is 12.6. The molecule has 0 aliphatic rings. The van der Waals surface area contributed by atoms with Crippen LogP contribution in [-0.4, -0.2) is 47.4 Å². The van der Waals surface area contributed by atoms with E-state index < -0.39 is 29.3 Å². The van der Waals surface area contributed by atoms with Crippen molar-refractivity contribution < 1.29 is 23.9 Å². The van der Waals surface area contributed by atoms with Gasteiger partial charge in [-0.25, -0.2) is 9.59 Å². The van der Waals surface area contributed by atoms with E-state index in [0.717, 1.165) is 0 Å². The quantitative estimate of drug-likeness (QED) is 0.348. The summed E-state index contributed by atoms with van der Waals surface area (Å²) in [7, 11) is 0. The molecule has 0 aliphatic carbocycles. The van der Waals surface area contributed by atoms with Gasteiger partial charge in [0.25, 0.3) is 5.96 Å². The highest BCUT2D eigenvalue weighted by Gasteiger charge is 2.34. The summed E-state index contributed by atoms with van der Waals surface area (Å²) < 4.78 is 10.2. The molecule has 0 saturated heterocycles. The SMILES string of the molecule is CC(C)(C)OC(=O)N(C(=O)OC(C)(C)C)/C(N)=N/OCCN. The van der Waals surface area contributed by atoms with Gasteiger partial charge in [-0.2, -0.15) is 0 Å². The molecule has 0 rings (SSSR count). The molecule has 0 heterocycles. The van der Waals surface area contributed by atoms with Crippen molar-refractivity contribution in [1.82, 2.24) is 4.90 Å². The highest BCUT2D eigenvalue weighted by molar-refractivity contribution is 6.07. The first kappa shape index (κ1) is 20.0. The van der Waals surface area contributed by atoms with Crippen LogP contribution in [0.25, 0.3) is 0 Å². The van der Waals surface area contributed by atoms with Crippen LogP contribution in [0.3, 0.4) is 0 Å². The van der Waals surface area contributed by atoms with Gasteiger partial charge in [0.15, 0.2) is 0 Å². The Morgan fingerprint density at radius 3 is 1.73 bits per heavy atom. The maximum absolute atomic E-state index is 12.1. The predicted octanol–water partition coefficient (Wildman–Crippen LogP) is 1.36. The highest BCUT2D eigenvalue weighted by Crippen LogP contribution is 2.14. The Hall–Kier alpha value is -2.03. The Bertz CT molecular complexity index is 395. The lowest BCUT2D eigenvalue weighted by Gasteiger charge is -2.27. The third kappa shape index (κ3) is 8.30. The lowest BCUT2D eigenvalue weighted by molar-refractivity contribution is 0.0134. The van der Waals surface area contributed by atoms with Crippen LogP contribution in [0.1, 0.15) is 41.5 Å². The zero-order valence-corrected chi connectivity index (χ0v) is 14.0. The van der Waals surface area contributed by atoms with Crippen LogP contribution >= 0.6 is 0 Å². The van der Waals surface area contributed by atoms with E-state index in [1.807, 2.05) is 0 Å². The standard InChI is InChI=1S/C13H26N4O5/c1-12(2,3)21-10(18)17(9(15)16-20-8-7-14)11(19)22-13(4,5)6/h7-8,14H2,1-6H3,(H2,15,16). The summed E-state index contributed by atoms with van der Waals surface area (Å²) in [6.07, 6.45) is -2.03. The summed E-state index contributed by atoms with van der Waals surface area (Å²) in [5.74, 6) is -0.503. The molecule has 0 aliphatic heterocycles. The summed E-state index contributed by atoms with van der Waals surface area (Å²) in [4.78, 5) is 29.5. The Balaban J connectivity index is 5.26. The molecule has 0 atom stereocenters. The molecule has 2 amide bonds. The van der Waals surface area contributed by atoms with Gasteiger partial charge in [0, 0.05) is 6.54 Å². The molecule has 4 N–H and O–H groups in total. The Labute approximate surface area is 130 Å². The van der Waals surface area contributed by atoms with Crippen LogP contribution in [0.15, 0.2) is 5.16 Å². The number of carbonyl (C=O) groups excluding carboxylic acids is 2. The Kier molecular flexibility index (Phi) is 7.11. The summed E-state index contributed by atoms with van der Waals surface area (Å²) in [6.45, 7) is 10.2. The molecule has 0 spiro atoms. The molecule has 128 valence electrons. The van der Waals surface area contributed by atoms with Crippen LogP contribution in [0.2, 0.25) is 0 Å². The summed E-state index contributed by atoms with van der Waals surface area (Å²) in [5.41, 5.74) is 9.20. The fourth-order valence-corrected chi connectivity index (χ4v) is 1.08. The van der Waals surface area contributed by atoms with E-state index in [1.165, 1.54) is 0 Å². The maximum atomic E-state index is 12.1. The molecular formula is C13H26N4O5. The number of rotatable bonds is 3. The van der Waals surface area contributed by atoms with E-state index in [9.17, 15) is 9.59 Å². The number of hydrogen-bond donors (Lipinski definition) is 2. The van der Waals surface area contributed by atoms with Gasteiger partial charge >= 0.3 is 12.2 Å². The predicted molar refractivity (Wildman–Crippen MR) is 80.9 cm³/mol. The van der Waals surface area contributed by atoms with Crippen molar-refractivity contribution in [1.29, 1.82) is 0 Å². The van der Waals surface area contributed by atoms with Crippen molar-refractivity contribution in [3.63, 3.8) is 0 Å². The number of oxime groups is 1. The second-order valence-corrected chi connectivity index (χ2v) is 6.37. The Morgan fingerprint density at radius 2 is 1.41 bits per heavy atom. The molecule has 0 radical (unpaired) electrons.